The van der Waals surface area contributed by atoms with Gasteiger partial charge in [-0.3, -0.25) is 0 Å². The smallest absolute Gasteiger partial charge is 0.220 e. The fourth-order valence-corrected chi connectivity index (χ4v) is 4.91. The summed E-state index contributed by atoms with van der Waals surface area (Å²) in [6.07, 6.45) is 4.47. The number of fused-ring (bicyclic) bond motifs is 3. The summed E-state index contributed by atoms with van der Waals surface area (Å²) in [4.78, 5) is 13.2. The zero-order chi connectivity index (χ0) is 24.2. The monoisotopic (exact) mass is 461 g/mol. The van der Waals surface area contributed by atoms with Crippen LogP contribution in [0.4, 0.5) is 17.5 Å². The first-order chi connectivity index (χ1) is 16.9. The highest BCUT2D eigenvalue weighted by Crippen LogP contribution is 2.40. The first kappa shape index (κ1) is 21.4. The molecule has 0 saturated heterocycles. The van der Waals surface area contributed by atoms with Crippen LogP contribution in [0.5, 0.6) is 5.75 Å². The van der Waals surface area contributed by atoms with E-state index < -0.39 is 0 Å². The summed E-state index contributed by atoms with van der Waals surface area (Å²) in [6, 6.07) is 19.0. The van der Waals surface area contributed by atoms with Gasteiger partial charge in [0.2, 0.25) is 5.95 Å². The molecule has 0 amide bonds. The van der Waals surface area contributed by atoms with E-state index >= 15 is 0 Å². The molecule has 6 rings (SSSR count). The van der Waals surface area contributed by atoms with Gasteiger partial charge in [0.1, 0.15) is 11.6 Å². The van der Waals surface area contributed by atoms with Gasteiger partial charge in [0.25, 0.3) is 0 Å². The van der Waals surface area contributed by atoms with Gasteiger partial charge in [-0.15, -0.1) is 0 Å². The second-order valence-corrected chi connectivity index (χ2v) is 9.92. The van der Waals surface area contributed by atoms with Crippen LogP contribution in [-0.2, 0) is 11.8 Å². The van der Waals surface area contributed by atoms with E-state index in [0.717, 1.165) is 40.0 Å². The average Bonchev–Trinajstić information content (AvgIpc) is 3.15. The number of benzene rings is 3. The van der Waals surface area contributed by atoms with Crippen molar-refractivity contribution in [3.05, 3.63) is 89.2 Å². The maximum atomic E-state index is 5.85. The van der Waals surface area contributed by atoms with Crippen molar-refractivity contribution in [3.63, 3.8) is 0 Å². The predicted octanol–water partition coefficient (Wildman–Crippen LogP) is 6.07. The molecular weight excluding hydrogens is 434 g/mol. The third-order valence-corrected chi connectivity index (χ3v) is 6.89. The van der Waals surface area contributed by atoms with E-state index in [9.17, 15) is 0 Å². The zero-order valence-electron chi connectivity index (χ0n) is 20.1. The van der Waals surface area contributed by atoms with Crippen LogP contribution in [0.3, 0.4) is 0 Å². The van der Waals surface area contributed by atoms with Gasteiger partial charge >= 0.3 is 0 Å². The van der Waals surface area contributed by atoms with Gasteiger partial charge in [-0.1, -0.05) is 32.0 Å². The number of hydrogen-bond donors (Lipinski definition) is 2. The molecule has 174 valence electrons. The van der Waals surface area contributed by atoms with Crippen molar-refractivity contribution < 1.29 is 4.74 Å². The van der Waals surface area contributed by atoms with Crippen LogP contribution in [-0.4, -0.2) is 21.6 Å². The number of pyridine rings is 1. The Morgan fingerprint density at radius 3 is 2.77 bits per heavy atom. The van der Waals surface area contributed by atoms with E-state index in [1.807, 2.05) is 18.3 Å². The minimum Gasteiger partial charge on any atom is -0.492 e. The Balaban J connectivity index is 1.37. The normalized spacial score (nSPS) is 14.1. The molecule has 1 aliphatic rings. The molecule has 3 aromatic carbocycles. The van der Waals surface area contributed by atoms with Crippen LogP contribution in [0.2, 0.25) is 0 Å². The molecule has 0 saturated carbocycles. The Kier molecular flexibility index (Phi) is 4.85. The number of aromatic nitrogens is 3. The van der Waals surface area contributed by atoms with E-state index in [1.54, 1.807) is 6.20 Å². The first-order valence-corrected chi connectivity index (χ1v) is 11.8. The minimum absolute atomic E-state index is 0.000105. The van der Waals surface area contributed by atoms with Crippen molar-refractivity contribution >= 4 is 39.1 Å². The van der Waals surface area contributed by atoms with Gasteiger partial charge in [0.05, 0.1) is 12.1 Å². The molecule has 5 aromatic rings. The standard InChI is InChI=1S/C29H27N5O/c1-17-4-7-22-21(23(17)13-18-5-8-25-19(12-18)15-32-28(30)34-25)10-11-31-27(22)33-20-6-9-26-24(14-20)29(2,3)16-35-26/h4-12,14-15H,13,16H2,1-3H3,(H,31,33)(H2,30,32,34). The molecule has 3 N–H and O–H groups in total. The number of rotatable bonds is 4. The lowest BCUT2D eigenvalue weighted by atomic mass is 9.87. The van der Waals surface area contributed by atoms with Gasteiger partial charge in [0.15, 0.2) is 0 Å². The summed E-state index contributed by atoms with van der Waals surface area (Å²) >= 11 is 0. The van der Waals surface area contributed by atoms with Crippen molar-refractivity contribution in [2.45, 2.75) is 32.6 Å². The van der Waals surface area contributed by atoms with Gasteiger partial charge in [-0.05, 0) is 71.8 Å². The molecule has 0 bridgehead atoms. The Morgan fingerprint density at radius 1 is 1.00 bits per heavy atom. The quantitative estimate of drug-likeness (QED) is 0.338. The lowest BCUT2D eigenvalue weighted by Gasteiger charge is -2.17. The number of nitrogens with zero attached hydrogens (tertiary/aromatic N) is 3. The number of nitrogens with two attached hydrogens (primary N) is 1. The van der Waals surface area contributed by atoms with Crippen molar-refractivity contribution in [3.8, 4) is 5.75 Å². The molecule has 0 aliphatic carbocycles. The Labute approximate surface area is 204 Å². The first-order valence-electron chi connectivity index (χ1n) is 11.8. The molecule has 0 radical (unpaired) electrons. The second kappa shape index (κ2) is 7.94. The summed E-state index contributed by atoms with van der Waals surface area (Å²) in [5, 5.41) is 6.84. The van der Waals surface area contributed by atoms with Crippen LogP contribution in [0.15, 0.2) is 67.0 Å². The van der Waals surface area contributed by atoms with E-state index in [1.165, 1.54) is 27.6 Å². The molecule has 1 aliphatic heterocycles. The fraction of sp³-hybridized carbons (Fsp3) is 0.207. The molecule has 0 unspecified atom stereocenters. The average molecular weight is 462 g/mol. The van der Waals surface area contributed by atoms with Crippen molar-refractivity contribution in [2.75, 3.05) is 17.7 Å². The lowest BCUT2D eigenvalue weighted by molar-refractivity contribution is 0.291. The topological polar surface area (TPSA) is 86.0 Å². The number of nitrogen functional groups attached to an aromatic ring is 1. The van der Waals surface area contributed by atoms with Crippen molar-refractivity contribution in [2.24, 2.45) is 0 Å². The molecule has 0 spiro atoms. The predicted molar refractivity (Wildman–Crippen MR) is 141 cm³/mol. The summed E-state index contributed by atoms with van der Waals surface area (Å²) in [5.74, 6) is 2.11. The molecule has 6 nitrogen and oxygen atoms in total. The SMILES string of the molecule is Cc1ccc2c(Nc3ccc4c(c3)C(C)(C)CO4)nccc2c1Cc1ccc2nc(N)ncc2c1. The van der Waals surface area contributed by atoms with Gasteiger partial charge in [-0.2, -0.15) is 0 Å². The summed E-state index contributed by atoms with van der Waals surface area (Å²) in [7, 11) is 0. The minimum atomic E-state index is 0.000105. The van der Waals surface area contributed by atoms with Crippen LogP contribution >= 0.6 is 0 Å². The summed E-state index contributed by atoms with van der Waals surface area (Å²) < 4.78 is 5.85. The van der Waals surface area contributed by atoms with Gasteiger partial charge in [0, 0.05) is 39.8 Å². The number of aryl methyl sites for hydroxylation is 1. The van der Waals surface area contributed by atoms with Crippen LogP contribution in [0.1, 0.15) is 36.1 Å². The van der Waals surface area contributed by atoms with Crippen molar-refractivity contribution in [1.29, 1.82) is 0 Å². The third kappa shape index (κ3) is 3.81. The van der Waals surface area contributed by atoms with Crippen LogP contribution < -0.4 is 15.8 Å². The highest BCUT2D eigenvalue weighted by atomic mass is 16.5. The summed E-state index contributed by atoms with van der Waals surface area (Å²) in [6.45, 7) is 7.29. The zero-order valence-corrected chi connectivity index (χ0v) is 20.1. The maximum absolute atomic E-state index is 5.85. The van der Waals surface area contributed by atoms with Gasteiger partial charge in [-0.25, -0.2) is 15.0 Å². The van der Waals surface area contributed by atoms with Crippen LogP contribution in [0, 0.1) is 6.92 Å². The fourth-order valence-electron chi connectivity index (χ4n) is 4.91. The number of anilines is 3. The Hall–Kier alpha value is -4.19. The summed E-state index contributed by atoms with van der Waals surface area (Å²) in [5.41, 5.74) is 12.6. The molecule has 0 fully saturated rings. The lowest BCUT2D eigenvalue weighted by Crippen LogP contribution is -2.18. The Morgan fingerprint density at radius 2 is 1.89 bits per heavy atom. The van der Waals surface area contributed by atoms with E-state index in [0.29, 0.717) is 12.6 Å². The second-order valence-electron chi connectivity index (χ2n) is 9.92. The highest BCUT2D eigenvalue weighted by Gasteiger charge is 2.31. The molecule has 35 heavy (non-hydrogen) atoms. The molecule has 3 heterocycles. The van der Waals surface area contributed by atoms with E-state index in [4.69, 9.17) is 10.5 Å². The van der Waals surface area contributed by atoms with E-state index in [-0.39, 0.29) is 5.41 Å². The Bertz CT molecular complexity index is 1610. The number of nitrogens with one attached hydrogen (secondary N) is 1. The van der Waals surface area contributed by atoms with E-state index in [2.05, 4.69) is 83.5 Å². The third-order valence-electron chi connectivity index (χ3n) is 6.89. The molecule has 2 aromatic heterocycles. The molecule has 6 heteroatoms. The number of ether oxygens (including phenoxy) is 1. The van der Waals surface area contributed by atoms with Crippen molar-refractivity contribution in [1.82, 2.24) is 15.0 Å². The molecule has 0 atom stereocenters. The van der Waals surface area contributed by atoms with Gasteiger partial charge < -0.3 is 15.8 Å². The molecular formula is C29H27N5O. The number of hydrogen-bond acceptors (Lipinski definition) is 6. The largest absolute Gasteiger partial charge is 0.492 e. The van der Waals surface area contributed by atoms with Crippen LogP contribution in [0.25, 0.3) is 21.7 Å². The highest BCUT2D eigenvalue weighted by molar-refractivity contribution is 5.96. The maximum Gasteiger partial charge on any atom is 0.220 e.